The molecule has 0 aliphatic carbocycles. The van der Waals surface area contributed by atoms with Gasteiger partial charge in [0.25, 0.3) is 0 Å². The van der Waals surface area contributed by atoms with E-state index in [1.54, 1.807) is 24.3 Å². The zero-order valence-electron chi connectivity index (χ0n) is 14.3. The molecule has 0 bridgehead atoms. The van der Waals surface area contributed by atoms with Gasteiger partial charge in [-0.2, -0.15) is 0 Å². The molecule has 1 fully saturated rings. The Bertz CT molecular complexity index is 565. The van der Waals surface area contributed by atoms with Crippen LogP contribution in [-0.4, -0.2) is 44.2 Å². The average Bonchev–Trinajstić information content (AvgIpc) is 2.58. The standard InChI is InChI=1S/C17H25N3O4.ClH/c1-12(21)20-14-3-2-4-15(11-14)24-10-7-19-17(22)16(18)13-5-8-23-9-6-13;/h2-4,11,13,16H,5-10,18H2,1H3,(H,19,22)(H,20,21);1H. The number of rotatable bonds is 7. The first-order valence-electron chi connectivity index (χ1n) is 8.18. The molecule has 1 heterocycles. The van der Waals surface area contributed by atoms with Gasteiger partial charge < -0.3 is 25.8 Å². The molecule has 0 aromatic heterocycles. The fourth-order valence-corrected chi connectivity index (χ4v) is 2.62. The predicted octanol–water partition coefficient (Wildman–Crippen LogP) is 1.32. The molecule has 2 amide bonds. The Morgan fingerprint density at radius 2 is 2.08 bits per heavy atom. The Morgan fingerprint density at radius 3 is 2.76 bits per heavy atom. The normalized spacial score (nSPS) is 15.6. The molecule has 1 saturated heterocycles. The molecule has 4 N–H and O–H groups in total. The summed E-state index contributed by atoms with van der Waals surface area (Å²) in [7, 11) is 0. The maximum Gasteiger partial charge on any atom is 0.237 e. The second-order valence-corrected chi connectivity index (χ2v) is 5.82. The highest BCUT2D eigenvalue weighted by Gasteiger charge is 2.26. The highest BCUT2D eigenvalue weighted by atomic mass is 35.5. The lowest BCUT2D eigenvalue weighted by Crippen LogP contribution is -2.47. The minimum atomic E-state index is -0.503. The van der Waals surface area contributed by atoms with Crippen molar-refractivity contribution in [1.29, 1.82) is 0 Å². The van der Waals surface area contributed by atoms with Gasteiger partial charge in [-0.15, -0.1) is 12.4 Å². The highest BCUT2D eigenvalue weighted by molar-refractivity contribution is 5.88. The molecule has 7 nitrogen and oxygen atoms in total. The maximum atomic E-state index is 12.0. The van der Waals surface area contributed by atoms with Gasteiger partial charge in [-0.1, -0.05) is 6.07 Å². The average molecular weight is 372 g/mol. The molecule has 1 aliphatic rings. The van der Waals surface area contributed by atoms with Crippen molar-refractivity contribution in [3.63, 3.8) is 0 Å². The summed E-state index contributed by atoms with van der Waals surface area (Å²) in [6, 6.07) is 6.60. The molecule has 2 rings (SSSR count). The number of ether oxygens (including phenoxy) is 2. The van der Waals surface area contributed by atoms with Crippen LogP contribution in [0.3, 0.4) is 0 Å². The first-order chi connectivity index (χ1) is 11.6. The van der Waals surface area contributed by atoms with E-state index in [2.05, 4.69) is 10.6 Å². The van der Waals surface area contributed by atoms with Crippen LogP contribution in [0.25, 0.3) is 0 Å². The first kappa shape index (κ1) is 21.2. The summed E-state index contributed by atoms with van der Waals surface area (Å²) < 4.78 is 10.9. The van der Waals surface area contributed by atoms with Crippen molar-refractivity contribution < 1.29 is 19.1 Å². The van der Waals surface area contributed by atoms with Crippen LogP contribution >= 0.6 is 12.4 Å². The molecule has 25 heavy (non-hydrogen) atoms. The topological polar surface area (TPSA) is 103 Å². The quantitative estimate of drug-likeness (QED) is 0.627. The lowest BCUT2D eigenvalue weighted by molar-refractivity contribution is -0.124. The Balaban J connectivity index is 0.00000312. The SMILES string of the molecule is CC(=O)Nc1cccc(OCCNC(=O)C(N)C2CCOCC2)c1.Cl. The van der Waals surface area contributed by atoms with Crippen molar-refractivity contribution in [2.75, 3.05) is 31.7 Å². The van der Waals surface area contributed by atoms with E-state index in [1.165, 1.54) is 6.92 Å². The number of halogens is 1. The number of hydrogen-bond donors (Lipinski definition) is 3. The molecule has 8 heteroatoms. The fourth-order valence-electron chi connectivity index (χ4n) is 2.62. The number of carbonyl (C=O) groups is 2. The summed E-state index contributed by atoms with van der Waals surface area (Å²) in [5, 5.41) is 5.49. The molecular weight excluding hydrogens is 346 g/mol. The molecule has 140 valence electrons. The van der Waals surface area contributed by atoms with Gasteiger partial charge in [0.2, 0.25) is 11.8 Å². The number of nitrogens with two attached hydrogens (primary N) is 1. The minimum Gasteiger partial charge on any atom is -0.492 e. The lowest BCUT2D eigenvalue weighted by atomic mass is 9.92. The van der Waals surface area contributed by atoms with Crippen LogP contribution in [0.2, 0.25) is 0 Å². The monoisotopic (exact) mass is 371 g/mol. The highest BCUT2D eigenvalue weighted by Crippen LogP contribution is 2.18. The van der Waals surface area contributed by atoms with Crippen LogP contribution in [0, 0.1) is 5.92 Å². The summed E-state index contributed by atoms with van der Waals surface area (Å²) in [5.41, 5.74) is 6.67. The van der Waals surface area contributed by atoms with Crippen molar-refractivity contribution in [2.45, 2.75) is 25.8 Å². The number of anilines is 1. The van der Waals surface area contributed by atoms with Gasteiger partial charge in [0, 0.05) is 31.9 Å². The molecule has 1 atom stereocenters. The van der Waals surface area contributed by atoms with Crippen LogP contribution in [0.5, 0.6) is 5.75 Å². The van der Waals surface area contributed by atoms with E-state index in [0.29, 0.717) is 37.8 Å². The van der Waals surface area contributed by atoms with E-state index in [-0.39, 0.29) is 30.1 Å². The molecule has 1 aliphatic heterocycles. The number of hydrogen-bond acceptors (Lipinski definition) is 5. The van der Waals surface area contributed by atoms with E-state index >= 15 is 0 Å². The van der Waals surface area contributed by atoms with Crippen molar-refractivity contribution in [3.05, 3.63) is 24.3 Å². The van der Waals surface area contributed by atoms with Crippen LogP contribution in [0.15, 0.2) is 24.3 Å². The second kappa shape index (κ2) is 10.9. The maximum absolute atomic E-state index is 12.0. The summed E-state index contributed by atoms with van der Waals surface area (Å²) in [6.45, 7) is 3.49. The van der Waals surface area contributed by atoms with E-state index < -0.39 is 6.04 Å². The second-order valence-electron chi connectivity index (χ2n) is 5.82. The van der Waals surface area contributed by atoms with Crippen LogP contribution in [0.4, 0.5) is 5.69 Å². The van der Waals surface area contributed by atoms with Crippen LogP contribution in [-0.2, 0) is 14.3 Å². The summed E-state index contributed by atoms with van der Waals surface area (Å²) in [6.07, 6.45) is 1.64. The number of carbonyl (C=O) groups excluding carboxylic acids is 2. The van der Waals surface area contributed by atoms with Gasteiger partial charge >= 0.3 is 0 Å². The minimum absolute atomic E-state index is 0. The zero-order chi connectivity index (χ0) is 17.4. The van der Waals surface area contributed by atoms with Crippen molar-refractivity contribution in [2.24, 2.45) is 11.7 Å². The predicted molar refractivity (Wildman–Crippen MR) is 98.0 cm³/mol. The molecule has 1 aromatic rings. The third-order valence-corrected chi connectivity index (χ3v) is 3.90. The molecule has 0 saturated carbocycles. The molecule has 0 spiro atoms. The summed E-state index contributed by atoms with van der Waals surface area (Å²) in [4.78, 5) is 23.1. The van der Waals surface area contributed by atoms with E-state index in [0.717, 1.165) is 12.8 Å². The first-order valence-corrected chi connectivity index (χ1v) is 8.18. The number of amides is 2. The Morgan fingerprint density at radius 1 is 1.36 bits per heavy atom. The number of benzene rings is 1. The van der Waals surface area contributed by atoms with Crippen molar-refractivity contribution in [3.8, 4) is 5.75 Å². The van der Waals surface area contributed by atoms with E-state index in [4.69, 9.17) is 15.2 Å². The van der Waals surface area contributed by atoms with Crippen molar-refractivity contribution >= 4 is 29.9 Å². The Labute approximate surface area is 154 Å². The lowest BCUT2D eigenvalue weighted by Gasteiger charge is -2.26. The largest absolute Gasteiger partial charge is 0.492 e. The third kappa shape index (κ3) is 7.29. The Kier molecular flexibility index (Phi) is 9.26. The third-order valence-electron chi connectivity index (χ3n) is 3.90. The van der Waals surface area contributed by atoms with Gasteiger partial charge in [0.05, 0.1) is 12.6 Å². The van der Waals surface area contributed by atoms with Crippen molar-refractivity contribution in [1.82, 2.24) is 5.32 Å². The van der Waals surface area contributed by atoms with Crippen LogP contribution < -0.4 is 21.1 Å². The van der Waals surface area contributed by atoms with Gasteiger partial charge in [0.15, 0.2) is 0 Å². The summed E-state index contributed by atoms with van der Waals surface area (Å²) in [5.74, 6) is 0.511. The number of nitrogens with one attached hydrogen (secondary N) is 2. The van der Waals surface area contributed by atoms with E-state index in [1.807, 2.05) is 0 Å². The van der Waals surface area contributed by atoms with Crippen LogP contribution in [0.1, 0.15) is 19.8 Å². The Hall–Kier alpha value is -1.83. The van der Waals surface area contributed by atoms with Gasteiger partial charge in [-0.25, -0.2) is 0 Å². The van der Waals surface area contributed by atoms with Gasteiger partial charge in [0.1, 0.15) is 12.4 Å². The molecule has 1 aromatic carbocycles. The smallest absolute Gasteiger partial charge is 0.237 e. The zero-order valence-corrected chi connectivity index (χ0v) is 15.1. The molecular formula is C17H26ClN3O4. The van der Waals surface area contributed by atoms with Gasteiger partial charge in [-0.3, -0.25) is 9.59 Å². The van der Waals surface area contributed by atoms with E-state index in [9.17, 15) is 9.59 Å². The molecule has 1 unspecified atom stereocenters. The van der Waals surface area contributed by atoms with Gasteiger partial charge in [-0.05, 0) is 30.9 Å². The molecule has 0 radical (unpaired) electrons. The fraction of sp³-hybridized carbons (Fsp3) is 0.529. The summed E-state index contributed by atoms with van der Waals surface area (Å²) >= 11 is 0.